The molecule has 0 radical (unpaired) electrons. The molecule has 3 aromatic rings. The monoisotopic (exact) mass is 442 g/mol. The Bertz CT molecular complexity index is 898. The predicted molar refractivity (Wildman–Crippen MR) is 148 cm³/mol. The van der Waals surface area contributed by atoms with E-state index in [9.17, 15) is 0 Å². The van der Waals surface area contributed by atoms with Crippen molar-refractivity contribution in [2.24, 2.45) is 0 Å². The Kier molecular flexibility index (Phi) is 11.4. The summed E-state index contributed by atoms with van der Waals surface area (Å²) >= 11 is 0. The van der Waals surface area contributed by atoms with Gasteiger partial charge in [-0.2, -0.15) is 0 Å². The van der Waals surface area contributed by atoms with Gasteiger partial charge in [0.1, 0.15) is 0 Å². The molecule has 2 atom stereocenters. The minimum Gasteiger partial charge on any atom is -0.0683 e. The molecule has 0 aliphatic heterocycles. The van der Waals surface area contributed by atoms with E-state index in [0.29, 0.717) is 17.8 Å². The van der Waals surface area contributed by atoms with E-state index in [-0.39, 0.29) is 0 Å². The molecule has 0 aliphatic rings. The van der Waals surface area contributed by atoms with Crippen LogP contribution in [0, 0.1) is 0 Å². The van der Waals surface area contributed by atoms with Crippen molar-refractivity contribution in [3.8, 4) is 0 Å². The molecule has 3 aromatic carbocycles. The summed E-state index contributed by atoms with van der Waals surface area (Å²) < 4.78 is 0. The second kappa shape index (κ2) is 14.0. The zero-order chi connectivity index (χ0) is 24.2. The zero-order valence-electron chi connectivity index (χ0n) is 22.2. The topological polar surface area (TPSA) is 0 Å². The molecular weight excluding hydrogens is 396 g/mol. The lowest BCUT2D eigenvalue weighted by atomic mass is 9.82. The first-order chi connectivity index (χ1) is 16.0. The smallest absolute Gasteiger partial charge is 0.0153 e. The van der Waals surface area contributed by atoms with E-state index in [1.165, 1.54) is 46.2 Å². The summed E-state index contributed by atoms with van der Waals surface area (Å²) in [5.74, 6) is 1.74. The summed E-state index contributed by atoms with van der Waals surface area (Å²) in [6, 6.07) is 27.9. The van der Waals surface area contributed by atoms with Crippen LogP contribution in [0.1, 0.15) is 112 Å². The third kappa shape index (κ3) is 8.18. The quantitative estimate of drug-likeness (QED) is 0.293. The Labute approximate surface area is 204 Å². The average molecular weight is 443 g/mol. The third-order valence-electron chi connectivity index (χ3n) is 6.88. The van der Waals surface area contributed by atoms with E-state index in [0.717, 1.165) is 19.3 Å². The van der Waals surface area contributed by atoms with Gasteiger partial charge in [-0.1, -0.05) is 121 Å². The van der Waals surface area contributed by atoms with Crippen LogP contribution in [0.3, 0.4) is 0 Å². The Hall–Kier alpha value is -2.34. The first-order valence-corrected chi connectivity index (χ1v) is 13.3. The maximum atomic E-state index is 2.39. The fourth-order valence-electron chi connectivity index (χ4n) is 4.50. The molecule has 0 saturated carbocycles. The fraction of sp³-hybridized carbons (Fsp3) is 0.455. The van der Waals surface area contributed by atoms with Crippen molar-refractivity contribution in [1.82, 2.24) is 0 Å². The molecule has 0 fully saturated rings. The predicted octanol–water partition coefficient (Wildman–Crippen LogP) is 9.87. The highest BCUT2D eigenvalue weighted by atomic mass is 14.2. The molecule has 0 nitrogen and oxygen atoms in total. The molecule has 0 aliphatic carbocycles. The van der Waals surface area contributed by atoms with E-state index in [1.54, 1.807) is 0 Å². The van der Waals surface area contributed by atoms with Crippen LogP contribution in [0.25, 0.3) is 0 Å². The highest BCUT2D eigenvalue weighted by Gasteiger charge is 2.17. The first-order valence-electron chi connectivity index (χ1n) is 13.3. The minimum absolute atomic E-state index is 0.560. The maximum Gasteiger partial charge on any atom is -0.0153 e. The lowest BCUT2D eigenvalue weighted by molar-refractivity contribution is 0.525. The van der Waals surface area contributed by atoms with Crippen LogP contribution in [0.5, 0.6) is 0 Å². The molecular formula is C33H46. The van der Waals surface area contributed by atoms with Crippen LogP contribution < -0.4 is 0 Å². The van der Waals surface area contributed by atoms with Crippen molar-refractivity contribution < 1.29 is 0 Å². The molecule has 0 heteroatoms. The van der Waals surface area contributed by atoms with Gasteiger partial charge in [0.25, 0.3) is 0 Å². The Morgan fingerprint density at radius 2 is 0.970 bits per heavy atom. The van der Waals surface area contributed by atoms with E-state index in [4.69, 9.17) is 0 Å². The SMILES string of the molecule is CC.CCc1ccc(C(C)CC(CCc2ccc(C(C)C)cc2)c2ccc(CC)cc2)cc1. The average Bonchev–Trinajstić information content (AvgIpc) is 2.88. The largest absolute Gasteiger partial charge is 0.0683 e. The summed E-state index contributed by atoms with van der Waals surface area (Å²) in [6.07, 6.45) is 5.74. The fourth-order valence-corrected chi connectivity index (χ4v) is 4.50. The lowest BCUT2D eigenvalue weighted by Crippen LogP contribution is -2.07. The molecule has 0 N–H and O–H groups in total. The van der Waals surface area contributed by atoms with E-state index in [1.807, 2.05) is 13.8 Å². The maximum absolute atomic E-state index is 2.39. The second-order valence-electron chi connectivity index (χ2n) is 9.46. The van der Waals surface area contributed by atoms with E-state index in [2.05, 4.69) is 107 Å². The molecule has 0 bridgehead atoms. The molecule has 178 valence electrons. The van der Waals surface area contributed by atoms with Crippen LogP contribution >= 0.6 is 0 Å². The lowest BCUT2D eigenvalue weighted by Gasteiger charge is -2.23. The normalized spacial score (nSPS) is 12.7. The highest BCUT2D eigenvalue weighted by molar-refractivity contribution is 5.29. The number of benzene rings is 3. The molecule has 3 rings (SSSR count). The third-order valence-corrected chi connectivity index (χ3v) is 6.88. The van der Waals surface area contributed by atoms with Crippen LogP contribution in [0.15, 0.2) is 72.8 Å². The van der Waals surface area contributed by atoms with Gasteiger partial charge in [-0.15, -0.1) is 0 Å². The molecule has 33 heavy (non-hydrogen) atoms. The summed E-state index contributed by atoms with van der Waals surface area (Å²) in [4.78, 5) is 0. The van der Waals surface area contributed by atoms with Crippen LogP contribution in [0.4, 0.5) is 0 Å². The molecule has 0 heterocycles. The van der Waals surface area contributed by atoms with E-state index < -0.39 is 0 Å². The van der Waals surface area contributed by atoms with E-state index >= 15 is 0 Å². The Morgan fingerprint density at radius 3 is 1.42 bits per heavy atom. The van der Waals surface area contributed by atoms with Gasteiger partial charge < -0.3 is 0 Å². The summed E-state index contributed by atoms with van der Waals surface area (Å²) in [5.41, 5.74) is 8.70. The van der Waals surface area contributed by atoms with Gasteiger partial charge in [0.2, 0.25) is 0 Å². The van der Waals surface area contributed by atoms with Gasteiger partial charge >= 0.3 is 0 Å². The van der Waals surface area contributed by atoms with Crippen molar-refractivity contribution in [1.29, 1.82) is 0 Å². The van der Waals surface area contributed by atoms with Gasteiger partial charge in [0.05, 0.1) is 0 Å². The standard InChI is InChI=1S/C31H40.C2H6/c1-6-25-8-17-29(18-9-25)24(5)22-31(30-19-10-26(7-2)11-20-30)21-14-27-12-15-28(16-13-27)23(3)4;1-2/h8-13,15-20,23-24,31H,6-7,14,21-22H2,1-5H3;1-2H3. The van der Waals surface area contributed by atoms with Crippen molar-refractivity contribution >= 4 is 0 Å². The first kappa shape index (κ1) is 26.9. The molecule has 0 amide bonds. The van der Waals surface area contributed by atoms with Gasteiger partial charge in [-0.3, -0.25) is 0 Å². The van der Waals surface area contributed by atoms with Crippen molar-refractivity contribution in [2.45, 2.75) is 98.3 Å². The molecule has 2 unspecified atom stereocenters. The summed E-state index contributed by atoms with van der Waals surface area (Å²) in [7, 11) is 0. The van der Waals surface area contributed by atoms with Crippen LogP contribution in [-0.2, 0) is 19.3 Å². The number of hydrogen-bond donors (Lipinski definition) is 0. The highest BCUT2D eigenvalue weighted by Crippen LogP contribution is 2.33. The molecule has 0 aromatic heterocycles. The number of aryl methyl sites for hydroxylation is 3. The van der Waals surface area contributed by atoms with Crippen molar-refractivity contribution in [3.05, 3.63) is 106 Å². The van der Waals surface area contributed by atoms with Gasteiger partial charge in [-0.05, 0) is 83.2 Å². The molecule has 0 spiro atoms. The van der Waals surface area contributed by atoms with Crippen LogP contribution in [0.2, 0.25) is 0 Å². The zero-order valence-corrected chi connectivity index (χ0v) is 22.2. The molecule has 0 saturated heterocycles. The van der Waals surface area contributed by atoms with Crippen LogP contribution in [-0.4, -0.2) is 0 Å². The van der Waals surface area contributed by atoms with Crippen molar-refractivity contribution in [3.63, 3.8) is 0 Å². The van der Waals surface area contributed by atoms with Gasteiger partial charge in [-0.25, -0.2) is 0 Å². The van der Waals surface area contributed by atoms with Crippen molar-refractivity contribution in [2.75, 3.05) is 0 Å². The Morgan fingerprint density at radius 1 is 0.545 bits per heavy atom. The summed E-state index contributed by atoms with van der Waals surface area (Å²) in [6.45, 7) is 15.4. The Balaban J connectivity index is 0.00000187. The van der Waals surface area contributed by atoms with Gasteiger partial charge in [0, 0.05) is 0 Å². The number of rotatable bonds is 10. The minimum atomic E-state index is 0.560. The summed E-state index contributed by atoms with van der Waals surface area (Å²) in [5, 5.41) is 0. The second-order valence-corrected chi connectivity index (χ2v) is 9.46. The van der Waals surface area contributed by atoms with Gasteiger partial charge in [0.15, 0.2) is 0 Å². The number of hydrogen-bond acceptors (Lipinski definition) is 0.